The first-order chi connectivity index (χ1) is 10.6. The highest BCUT2D eigenvalue weighted by Crippen LogP contribution is 2.33. The number of nitrogens with one attached hydrogen (secondary N) is 1. The number of hydrogen-bond donors (Lipinski definition) is 1. The minimum atomic E-state index is -0.856. The Morgan fingerprint density at radius 1 is 1.14 bits per heavy atom. The summed E-state index contributed by atoms with van der Waals surface area (Å²) in [7, 11) is 2.51. The number of pyridine rings is 1. The lowest BCUT2D eigenvalue weighted by molar-refractivity contribution is 0.0595. The van der Waals surface area contributed by atoms with Crippen molar-refractivity contribution in [2.45, 2.75) is 0 Å². The van der Waals surface area contributed by atoms with Gasteiger partial charge in [0.05, 0.1) is 25.3 Å². The molecule has 2 aromatic heterocycles. The van der Waals surface area contributed by atoms with Gasteiger partial charge in [-0.1, -0.05) is 6.07 Å². The summed E-state index contributed by atoms with van der Waals surface area (Å²) in [6, 6.07) is 6.89. The van der Waals surface area contributed by atoms with Crippen LogP contribution >= 0.6 is 0 Å². The Hall–Kier alpha value is -3.09. The van der Waals surface area contributed by atoms with Crippen LogP contribution in [0.2, 0.25) is 0 Å². The van der Waals surface area contributed by atoms with Crippen molar-refractivity contribution in [3.8, 4) is 5.75 Å². The van der Waals surface area contributed by atoms with Crippen molar-refractivity contribution in [2.75, 3.05) is 14.2 Å². The van der Waals surface area contributed by atoms with Crippen molar-refractivity contribution in [3.63, 3.8) is 0 Å². The summed E-state index contributed by atoms with van der Waals surface area (Å²) in [5, 5.41) is 1.52. The Kier molecular flexibility index (Phi) is 3.38. The van der Waals surface area contributed by atoms with Crippen LogP contribution in [0.5, 0.6) is 5.75 Å². The SMILES string of the molecule is COC(=O)Oc1cc2ncccc2c2cc(C(=O)OC)[nH]c12. The molecule has 1 aromatic carbocycles. The van der Waals surface area contributed by atoms with Gasteiger partial charge < -0.3 is 19.2 Å². The Bertz CT molecular complexity index is 884. The average Bonchev–Trinajstić information content (AvgIpc) is 3.00. The second-order valence-corrected chi connectivity index (χ2v) is 4.46. The number of aromatic amines is 1. The predicted octanol–water partition coefficient (Wildman–Crippen LogP) is 2.65. The molecule has 22 heavy (non-hydrogen) atoms. The van der Waals surface area contributed by atoms with Gasteiger partial charge in [0.1, 0.15) is 5.69 Å². The highest BCUT2D eigenvalue weighted by Gasteiger charge is 2.17. The third-order valence-corrected chi connectivity index (χ3v) is 3.23. The second-order valence-electron chi connectivity index (χ2n) is 4.46. The number of carbonyl (C=O) groups excluding carboxylic acids is 2. The highest BCUT2D eigenvalue weighted by molar-refractivity contribution is 6.11. The number of aromatic nitrogens is 2. The normalized spacial score (nSPS) is 10.6. The fourth-order valence-electron chi connectivity index (χ4n) is 2.25. The number of fused-ring (bicyclic) bond motifs is 3. The van der Waals surface area contributed by atoms with E-state index in [1.54, 1.807) is 24.4 Å². The molecule has 112 valence electrons. The van der Waals surface area contributed by atoms with Gasteiger partial charge in [0.15, 0.2) is 5.75 Å². The van der Waals surface area contributed by atoms with E-state index in [9.17, 15) is 9.59 Å². The smallest absolute Gasteiger partial charge is 0.464 e. The van der Waals surface area contributed by atoms with Gasteiger partial charge in [-0.05, 0) is 12.1 Å². The molecule has 0 amide bonds. The summed E-state index contributed by atoms with van der Waals surface area (Å²) in [6.45, 7) is 0. The van der Waals surface area contributed by atoms with Crippen LogP contribution in [0.25, 0.3) is 21.8 Å². The Labute approximate surface area is 124 Å². The van der Waals surface area contributed by atoms with Crippen molar-refractivity contribution in [2.24, 2.45) is 0 Å². The molecule has 0 unspecified atom stereocenters. The van der Waals surface area contributed by atoms with Crippen molar-refractivity contribution in [3.05, 3.63) is 36.2 Å². The maximum absolute atomic E-state index is 11.7. The number of hydrogen-bond acceptors (Lipinski definition) is 6. The van der Waals surface area contributed by atoms with E-state index in [1.165, 1.54) is 14.2 Å². The summed E-state index contributed by atoms with van der Waals surface area (Å²) in [6.07, 6.45) is 0.773. The van der Waals surface area contributed by atoms with E-state index in [-0.39, 0.29) is 11.4 Å². The number of nitrogens with zero attached hydrogens (tertiary/aromatic N) is 1. The molecular formula is C15H12N2O5. The van der Waals surface area contributed by atoms with Crippen LogP contribution in [-0.4, -0.2) is 36.3 Å². The molecule has 0 aliphatic carbocycles. The number of ether oxygens (including phenoxy) is 3. The molecule has 3 aromatic rings. The lowest BCUT2D eigenvalue weighted by Gasteiger charge is -2.06. The molecule has 0 saturated carbocycles. The summed E-state index contributed by atoms with van der Waals surface area (Å²) in [4.78, 5) is 30.2. The van der Waals surface area contributed by atoms with Gasteiger partial charge in [0.25, 0.3) is 0 Å². The van der Waals surface area contributed by atoms with Crippen LogP contribution in [-0.2, 0) is 9.47 Å². The standard InChI is InChI=1S/C15H12N2O5/c1-20-14(18)11-6-9-8-4-3-5-16-10(8)7-12(13(9)17-11)22-15(19)21-2/h3-7,17H,1-2H3. The van der Waals surface area contributed by atoms with Gasteiger partial charge in [-0.15, -0.1) is 0 Å². The van der Waals surface area contributed by atoms with Gasteiger partial charge in [-0.25, -0.2) is 9.59 Å². The first-order valence-electron chi connectivity index (χ1n) is 6.38. The van der Waals surface area contributed by atoms with E-state index < -0.39 is 12.1 Å². The Morgan fingerprint density at radius 2 is 1.95 bits per heavy atom. The molecule has 7 heteroatoms. The van der Waals surface area contributed by atoms with Crippen molar-refractivity contribution >= 4 is 33.9 Å². The number of carbonyl (C=O) groups is 2. The van der Waals surface area contributed by atoms with Crippen LogP contribution in [0.1, 0.15) is 10.5 Å². The second kappa shape index (κ2) is 5.36. The Morgan fingerprint density at radius 3 is 2.68 bits per heavy atom. The largest absolute Gasteiger partial charge is 0.513 e. The molecule has 0 fully saturated rings. The van der Waals surface area contributed by atoms with Gasteiger partial charge >= 0.3 is 12.1 Å². The fourth-order valence-corrected chi connectivity index (χ4v) is 2.25. The first-order valence-corrected chi connectivity index (χ1v) is 6.38. The molecule has 0 radical (unpaired) electrons. The van der Waals surface area contributed by atoms with Crippen molar-refractivity contribution in [1.82, 2.24) is 9.97 Å². The number of H-pyrrole nitrogens is 1. The summed E-state index contributed by atoms with van der Waals surface area (Å²) >= 11 is 0. The molecular weight excluding hydrogens is 288 g/mol. The minimum Gasteiger partial charge on any atom is -0.464 e. The number of esters is 1. The highest BCUT2D eigenvalue weighted by atomic mass is 16.7. The van der Waals surface area contributed by atoms with Crippen LogP contribution in [0.4, 0.5) is 4.79 Å². The minimum absolute atomic E-state index is 0.225. The van der Waals surface area contributed by atoms with Gasteiger partial charge in [-0.2, -0.15) is 0 Å². The molecule has 0 aliphatic heterocycles. The van der Waals surface area contributed by atoms with Crippen LogP contribution < -0.4 is 4.74 Å². The maximum atomic E-state index is 11.7. The lowest BCUT2D eigenvalue weighted by atomic mass is 10.1. The van der Waals surface area contributed by atoms with Gasteiger partial charge in [0, 0.05) is 23.0 Å². The van der Waals surface area contributed by atoms with E-state index in [4.69, 9.17) is 9.47 Å². The molecule has 0 atom stereocenters. The molecule has 1 N–H and O–H groups in total. The zero-order chi connectivity index (χ0) is 15.7. The van der Waals surface area contributed by atoms with Crippen molar-refractivity contribution in [1.29, 1.82) is 0 Å². The molecule has 3 rings (SSSR count). The zero-order valence-electron chi connectivity index (χ0n) is 11.9. The number of methoxy groups -OCH3 is 2. The van der Waals surface area contributed by atoms with E-state index in [0.29, 0.717) is 16.4 Å². The molecule has 0 spiro atoms. The quantitative estimate of drug-likeness (QED) is 0.578. The van der Waals surface area contributed by atoms with E-state index in [0.717, 1.165) is 5.39 Å². The first kappa shape index (κ1) is 13.9. The zero-order valence-corrected chi connectivity index (χ0v) is 11.9. The topological polar surface area (TPSA) is 90.5 Å². The van der Waals surface area contributed by atoms with Crippen LogP contribution in [0, 0.1) is 0 Å². The van der Waals surface area contributed by atoms with Gasteiger partial charge in [-0.3, -0.25) is 4.98 Å². The molecule has 0 saturated heterocycles. The molecule has 2 heterocycles. The maximum Gasteiger partial charge on any atom is 0.513 e. The monoisotopic (exact) mass is 300 g/mol. The molecule has 0 aliphatic rings. The van der Waals surface area contributed by atoms with E-state index >= 15 is 0 Å². The average molecular weight is 300 g/mol. The van der Waals surface area contributed by atoms with E-state index in [1.807, 2.05) is 6.07 Å². The third-order valence-electron chi connectivity index (χ3n) is 3.23. The van der Waals surface area contributed by atoms with Gasteiger partial charge in [0.2, 0.25) is 0 Å². The molecule has 7 nitrogen and oxygen atoms in total. The summed E-state index contributed by atoms with van der Waals surface area (Å²) < 4.78 is 14.3. The lowest BCUT2D eigenvalue weighted by Crippen LogP contribution is -2.07. The summed E-state index contributed by atoms with van der Waals surface area (Å²) in [5.41, 5.74) is 1.37. The van der Waals surface area contributed by atoms with E-state index in [2.05, 4.69) is 14.7 Å². The summed E-state index contributed by atoms with van der Waals surface area (Å²) in [5.74, 6) is -0.291. The number of rotatable bonds is 2. The third kappa shape index (κ3) is 2.22. The Balaban J connectivity index is 2.29. The predicted molar refractivity (Wildman–Crippen MR) is 78.0 cm³/mol. The number of benzene rings is 1. The fraction of sp³-hybridized carbons (Fsp3) is 0.133. The van der Waals surface area contributed by atoms with Crippen molar-refractivity contribution < 1.29 is 23.8 Å². The van der Waals surface area contributed by atoms with Crippen LogP contribution in [0.3, 0.4) is 0 Å². The molecule has 0 bridgehead atoms. The van der Waals surface area contributed by atoms with Crippen LogP contribution in [0.15, 0.2) is 30.5 Å².